The molecule has 0 saturated carbocycles. The van der Waals surface area contributed by atoms with Crippen molar-refractivity contribution in [1.29, 1.82) is 0 Å². The van der Waals surface area contributed by atoms with E-state index in [2.05, 4.69) is 17.2 Å². The molecule has 1 atom stereocenters. The second-order valence-corrected chi connectivity index (χ2v) is 4.50. The van der Waals surface area contributed by atoms with Gasteiger partial charge in [-0.05, 0) is 37.5 Å². The van der Waals surface area contributed by atoms with Gasteiger partial charge in [0.05, 0.1) is 5.69 Å². The quantitative estimate of drug-likeness (QED) is 0.790. The summed E-state index contributed by atoms with van der Waals surface area (Å²) >= 11 is 0. The SMILES string of the molecule is Cc1ccc(NC(=O)C2CCCO2)c(C#CCO)c1. The van der Waals surface area contributed by atoms with Gasteiger partial charge in [-0.25, -0.2) is 0 Å². The Labute approximate surface area is 112 Å². The van der Waals surface area contributed by atoms with E-state index in [0.29, 0.717) is 17.9 Å². The van der Waals surface area contributed by atoms with Gasteiger partial charge in [-0.3, -0.25) is 4.79 Å². The second kappa shape index (κ2) is 6.37. The summed E-state index contributed by atoms with van der Waals surface area (Å²) in [5.74, 6) is 5.31. The molecule has 0 radical (unpaired) electrons. The fraction of sp³-hybridized carbons (Fsp3) is 0.400. The molecule has 0 bridgehead atoms. The second-order valence-electron chi connectivity index (χ2n) is 4.50. The third-order valence-corrected chi connectivity index (χ3v) is 2.96. The van der Waals surface area contributed by atoms with Crippen molar-refractivity contribution in [2.75, 3.05) is 18.5 Å². The van der Waals surface area contributed by atoms with Gasteiger partial charge < -0.3 is 15.2 Å². The number of carbonyl (C=O) groups is 1. The van der Waals surface area contributed by atoms with Crippen LogP contribution in [0.3, 0.4) is 0 Å². The minimum Gasteiger partial charge on any atom is -0.384 e. The molecule has 100 valence electrons. The molecule has 1 unspecified atom stereocenters. The molecule has 1 fully saturated rings. The van der Waals surface area contributed by atoms with Crippen LogP contribution < -0.4 is 5.32 Å². The molecule has 1 aliphatic heterocycles. The Balaban J connectivity index is 2.16. The number of rotatable bonds is 2. The maximum absolute atomic E-state index is 12.0. The van der Waals surface area contributed by atoms with Crippen molar-refractivity contribution < 1.29 is 14.6 Å². The van der Waals surface area contributed by atoms with Crippen LogP contribution >= 0.6 is 0 Å². The zero-order valence-corrected chi connectivity index (χ0v) is 10.9. The van der Waals surface area contributed by atoms with Crippen LogP contribution in [-0.4, -0.2) is 30.3 Å². The molecule has 1 amide bonds. The van der Waals surface area contributed by atoms with Crippen LogP contribution in [0.1, 0.15) is 24.0 Å². The predicted octanol–water partition coefficient (Wildman–Crippen LogP) is 1.46. The first-order chi connectivity index (χ1) is 9.20. The monoisotopic (exact) mass is 259 g/mol. The number of nitrogens with one attached hydrogen (secondary N) is 1. The number of benzene rings is 1. The van der Waals surface area contributed by atoms with Gasteiger partial charge in [0, 0.05) is 12.2 Å². The van der Waals surface area contributed by atoms with E-state index in [1.165, 1.54) is 0 Å². The van der Waals surface area contributed by atoms with Gasteiger partial charge in [0.25, 0.3) is 5.91 Å². The van der Waals surface area contributed by atoms with E-state index in [4.69, 9.17) is 9.84 Å². The van der Waals surface area contributed by atoms with Crippen molar-refractivity contribution in [1.82, 2.24) is 0 Å². The molecular weight excluding hydrogens is 242 g/mol. The molecule has 19 heavy (non-hydrogen) atoms. The minimum absolute atomic E-state index is 0.131. The van der Waals surface area contributed by atoms with Crippen molar-refractivity contribution in [3.63, 3.8) is 0 Å². The van der Waals surface area contributed by atoms with Crippen LogP contribution in [0.2, 0.25) is 0 Å². The fourth-order valence-electron chi connectivity index (χ4n) is 2.00. The lowest BCUT2D eigenvalue weighted by Gasteiger charge is -2.12. The van der Waals surface area contributed by atoms with Crippen LogP contribution in [0.25, 0.3) is 0 Å². The van der Waals surface area contributed by atoms with Crippen LogP contribution in [0.5, 0.6) is 0 Å². The minimum atomic E-state index is -0.361. The molecule has 4 heteroatoms. The van der Waals surface area contributed by atoms with Gasteiger partial charge >= 0.3 is 0 Å². The fourth-order valence-corrected chi connectivity index (χ4v) is 2.00. The van der Waals surface area contributed by atoms with Crippen LogP contribution in [0, 0.1) is 18.8 Å². The highest BCUT2D eigenvalue weighted by atomic mass is 16.5. The van der Waals surface area contributed by atoms with Gasteiger partial charge in [-0.2, -0.15) is 0 Å². The Hall–Kier alpha value is -1.83. The Morgan fingerprint density at radius 3 is 3.11 bits per heavy atom. The summed E-state index contributed by atoms with van der Waals surface area (Å²) in [5.41, 5.74) is 2.42. The molecule has 4 nitrogen and oxygen atoms in total. The van der Waals surface area contributed by atoms with E-state index in [0.717, 1.165) is 18.4 Å². The maximum Gasteiger partial charge on any atom is 0.253 e. The number of carbonyl (C=O) groups excluding carboxylic acids is 1. The van der Waals surface area contributed by atoms with E-state index in [9.17, 15) is 4.79 Å². The summed E-state index contributed by atoms with van der Waals surface area (Å²) in [5, 5.41) is 11.6. The van der Waals surface area contributed by atoms with E-state index < -0.39 is 0 Å². The van der Waals surface area contributed by atoms with Gasteiger partial charge in [0.2, 0.25) is 0 Å². The van der Waals surface area contributed by atoms with Crippen LogP contribution in [-0.2, 0) is 9.53 Å². The molecule has 0 aromatic heterocycles. The first kappa shape index (κ1) is 13.6. The van der Waals surface area contributed by atoms with Crippen molar-refractivity contribution in [3.05, 3.63) is 29.3 Å². The lowest BCUT2D eigenvalue weighted by atomic mass is 10.1. The number of ether oxygens (including phenoxy) is 1. The highest BCUT2D eigenvalue weighted by Crippen LogP contribution is 2.19. The topological polar surface area (TPSA) is 58.6 Å². The van der Waals surface area contributed by atoms with E-state index in [-0.39, 0.29) is 18.6 Å². The third kappa shape index (κ3) is 3.57. The molecule has 1 aromatic rings. The third-order valence-electron chi connectivity index (χ3n) is 2.96. The van der Waals surface area contributed by atoms with Crippen LogP contribution in [0.15, 0.2) is 18.2 Å². The average Bonchev–Trinajstić information content (AvgIpc) is 2.93. The highest BCUT2D eigenvalue weighted by molar-refractivity contribution is 5.95. The van der Waals surface area contributed by atoms with E-state index >= 15 is 0 Å². The van der Waals surface area contributed by atoms with Gasteiger partial charge in [-0.15, -0.1) is 0 Å². The lowest BCUT2D eigenvalue weighted by molar-refractivity contribution is -0.124. The first-order valence-electron chi connectivity index (χ1n) is 6.33. The highest BCUT2D eigenvalue weighted by Gasteiger charge is 2.23. The number of amides is 1. The first-order valence-corrected chi connectivity index (χ1v) is 6.33. The van der Waals surface area contributed by atoms with E-state index in [1.807, 2.05) is 25.1 Å². The van der Waals surface area contributed by atoms with E-state index in [1.54, 1.807) is 0 Å². The molecule has 2 N–H and O–H groups in total. The largest absolute Gasteiger partial charge is 0.384 e. The zero-order chi connectivity index (χ0) is 13.7. The Bertz CT molecular complexity index is 522. The molecule has 0 spiro atoms. The normalized spacial score (nSPS) is 17.7. The standard InChI is InChI=1S/C15H17NO3/c1-11-6-7-13(12(10-11)4-2-8-17)16-15(18)14-5-3-9-19-14/h6-7,10,14,17H,3,5,8-9H2,1H3,(H,16,18). The maximum atomic E-state index is 12.0. The summed E-state index contributed by atoms with van der Waals surface area (Å²) in [6.45, 7) is 2.39. The molecule has 1 aliphatic rings. The Morgan fingerprint density at radius 1 is 1.58 bits per heavy atom. The van der Waals surface area contributed by atoms with Crippen molar-refractivity contribution in [3.8, 4) is 11.8 Å². The summed E-state index contributed by atoms with van der Waals surface area (Å²) in [6.07, 6.45) is 1.32. The summed E-state index contributed by atoms with van der Waals surface area (Å²) in [4.78, 5) is 12.0. The summed E-state index contributed by atoms with van der Waals surface area (Å²) in [7, 11) is 0. The van der Waals surface area contributed by atoms with Crippen molar-refractivity contribution >= 4 is 11.6 Å². The molecule has 1 heterocycles. The van der Waals surface area contributed by atoms with Crippen LogP contribution in [0.4, 0.5) is 5.69 Å². The Kier molecular flexibility index (Phi) is 4.56. The van der Waals surface area contributed by atoms with Crippen molar-refractivity contribution in [2.45, 2.75) is 25.9 Å². The number of aliphatic hydroxyl groups excluding tert-OH is 1. The summed E-state index contributed by atoms with van der Waals surface area (Å²) < 4.78 is 5.34. The molecule has 1 saturated heterocycles. The molecular formula is C15H17NO3. The number of anilines is 1. The van der Waals surface area contributed by atoms with Gasteiger partial charge in [0.1, 0.15) is 12.7 Å². The molecule has 0 aliphatic carbocycles. The molecule has 1 aromatic carbocycles. The zero-order valence-electron chi connectivity index (χ0n) is 10.9. The number of hydrogen-bond acceptors (Lipinski definition) is 3. The van der Waals surface area contributed by atoms with Crippen molar-refractivity contribution in [2.24, 2.45) is 0 Å². The number of aryl methyl sites for hydroxylation is 1. The smallest absolute Gasteiger partial charge is 0.253 e. The summed E-state index contributed by atoms with van der Waals surface area (Å²) in [6, 6.07) is 5.62. The van der Waals surface area contributed by atoms with Gasteiger partial charge in [0.15, 0.2) is 0 Å². The van der Waals surface area contributed by atoms with Gasteiger partial charge in [-0.1, -0.05) is 17.9 Å². The molecule has 2 rings (SSSR count). The lowest BCUT2D eigenvalue weighted by Crippen LogP contribution is -2.27. The predicted molar refractivity (Wildman–Crippen MR) is 72.7 cm³/mol. The average molecular weight is 259 g/mol. The number of hydrogen-bond donors (Lipinski definition) is 2. The Morgan fingerprint density at radius 2 is 2.42 bits per heavy atom. The number of aliphatic hydroxyl groups is 1.